The number of rotatable bonds is 7. The highest BCUT2D eigenvalue weighted by Crippen LogP contribution is 2.30. The minimum absolute atomic E-state index is 0.192. The van der Waals surface area contributed by atoms with E-state index in [9.17, 15) is 4.79 Å². The van der Waals surface area contributed by atoms with Crippen LogP contribution in [0, 0.1) is 0 Å². The molecule has 0 atom stereocenters. The van der Waals surface area contributed by atoms with Gasteiger partial charge in [0, 0.05) is 13.1 Å². The topological polar surface area (TPSA) is 50.8 Å². The Kier molecular flexibility index (Phi) is 6.21. The number of hydrogen-bond acceptors (Lipinski definition) is 4. The van der Waals surface area contributed by atoms with Gasteiger partial charge in [0.25, 0.3) is 5.91 Å². The van der Waals surface area contributed by atoms with E-state index in [1.807, 2.05) is 26.2 Å². The number of nitrogens with one attached hydrogen (secondary N) is 1. The van der Waals surface area contributed by atoms with Crippen LogP contribution in [0.15, 0.2) is 42.5 Å². The molecule has 128 valence electrons. The summed E-state index contributed by atoms with van der Waals surface area (Å²) in [4.78, 5) is 14.5. The Hall–Kier alpha value is -2.53. The van der Waals surface area contributed by atoms with Crippen LogP contribution in [-0.2, 0) is 13.1 Å². The lowest BCUT2D eigenvalue weighted by molar-refractivity contribution is 0.0947. The van der Waals surface area contributed by atoms with Gasteiger partial charge < -0.3 is 19.7 Å². The lowest BCUT2D eigenvalue weighted by Crippen LogP contribution is -2.23. The van der Waals surface area contributed by atoms with Crippen LogP contribution in [0.5, 0.6) is 11.5 Å². The maximum Gasteiger partial charge on any atom is 0.255 e. The molecule has 5 heteroatoms. The van der Waals surface area contributed by atoms with E-state index in [4.69, 9.17) is 9.47 Å². The summed E-state index contributed by atoms with van der Waals surface area (Å²) in [5.74, 6) is 0.792. The van der Waals surface area contributed by atoms with Crippen molar-refractivity contribution in [1.82, 2.24) is 10.2 Å². The molecule has 0 aliphatic rings. The number of amides is 1. The molecule has 2 aromatic rings. The van der Waals surface area contributed by atoms with Crippen molar-refractivity contribution in [2.45, 2.75) is 13.1 Å². The van der Waals surface area contributed by atoms with Crippen molar-refractivity contribution < 1.29 is 14.3 Å². The SMILES string of the molecule is COc1cccc(C(=O)NCc2ccc(CN(C)C)cc2)c1OC. The molecule has 0 saturated heterocycles. The Morgan fingerprint density at radius 1 is 1.00 bits per heavy atom. The van der Waals surface area contributed by atoms with Crippen LogP contribution in [0.1, 0.15) is 21.5 Å². The Balaban J connectivity index is 2.03. The first-order chi connectivity index (χ1) is 11.5. The second kappa shape index (κ2) is 8.36. The minimum Gasteiger partial charge on any atom is -0.493 e. The molecule has 0 aliphatic carbocycles. The number of ether oxygens (including phenoxy) is 2. The molecule has 1 N–H and O–H groups in total. The quantitative estimate of drug-likeness (QED) is 0.849. The summed E-state index contributed by atoms with van der Waals surface area (Å²) in [6.45, 7) is 1.36. The monoisotopic (exact) mass is 328 g/mol. The third kappa shape index (κ3) is 4.49. The second-order valence-corrected chi connectivity index (χ2v) is 5.78. The molecule has 0 fully saturated rings. The van der Waals surface area contributed by atoms with Crippen molar-refractivity contribution >= 4 is 5.91 Å². The summed E-state index contributed by atoms with van der Waals surface area (Å²) in [7, 11) is 7.15. The van der Waals surface area contributed by atoms with Gasteiger partial charge in [-0.3, -0.25) is 4.79 Å². The molecule has 2 rings (SSSR count). The van der Waals surface area contributed by atoms with Crippen molar-refractivity contribution in [2.75, 3.05) is 28.3 Å². The molecule has 0 spiro atoms. The smallest absolute Gasteiger partial charge is 0.255 e. The molecule has 0 unspecified atom stereocenters. The zero-order valence-corrected chi connectivity index (χ0v) is 14.6. The summed E-state index contributed by atoms with van der Waals surface area (Å²) in [5.41, 5.74) is 2.75. The molecule has 0 aromatic heterocycles. The number of hydrogen-bond donors (Lipinski definition) is 1. The normalized spacial score (nSPS) is 10.5. The predicted molar refractivity (Wildman–Crippen MR) is 94.5 cm³/mol. The van der Waals surface area contributed by atoms with Gasteiger partial charge in [-0.25, -0.2) is 0 Å². The first kappa shape index (κ1) is 17.8. The molecule has 1 amide bonds. The maximum atomic E-state index is 12.4. The van der Waals surface area contributed by atoms with Crippen LogP contribution in [-0.4, -0.2) is 39.1 Å². The van der Waals surface area contributed by atoms with E-state index in [-0.39, 0.29) is 5.91 Å². The first-order valence-electron chi connectivity index (χ1n) is 7.77. The van der Waals surface area contributed by atoms with E-state index < -0.39 is 0 Å². The lowest BCUT2D eigenvalue weighted by atomic mass is 10.1. The maximum absolute atomic E-state index is 12.4. The molecule has 24 heavy (non-hydrogen) atoms. The molecule has 2 aromatic carbocycles. The van der Waals surface area contributed by atoms with Gasteiger partial charge in [-0.05, 0) is 37.4 Å². The largest absolute Gasteiger partial charge is 0.493 e. The highest BCUT2D eigenvalue weighted by atomic mass is 16.5. The molecule has 0 radical (unpaired) electrons. The van der Waals surface area contributed by atoms with Crippen LogP contribution < -0.4 is 14.8 Å². The molecule has 0 aliphatic heterocycles. The fourth-order valence-corrected chi connectivity index (χ4v) is 2.47. The van der Waals surface area contributed by atoms with Crippen molar-refractivity contribution in [1.29, 1.82) is 0 Å². The van der Waals surface area contributed by atoms with Gasteiger partial charge in [-0.2, -0.15) is 0 Å². The predicted octanol–water partition coefficient (Wildman–Crippen LogP) is 2.70. The molecule has 0 saturated carbocycles. The Morgan fingerprint density at radius 3 is 2.25 bits per heavy atom. The fraction of sp³-hybridized carbons (Fsp3) is 0.316. The van der Waals surface area contributed by atoms with Gasteiger partial charge in [0.15, 0.2) is 11.5 Å². The molecular weight excluding hydrogens is 304 g/mol. The van der Waals surface area contributed by atoms with Crippen LogP contribution in [0.25, 0.3) is 0 Å². The number of nitrogens with zero attached hydrogens (tertiary/aromatic N) is 1. The van der Waals surface area contributed by atoms with E-state index in [1.165, 1.54) is 12.7 Å². The summed E-state index contributed by atoms with van der Waals surface area (Å²) >= 11 is 0. The fourth-order valence-electron chi connectivity index (χ4n) is 2.47. The zero-order valence-electron chi connectivity index (χ0n) is 14.6. The van der Waals surface area contributed by atoms with E-state index in [0.29, 0.717) is 23.6 Å². The Bertz CT molecular complexity index is 682. The molecule has 5 nitrogen and oxygen atoms in total. The van der Waals surface area contributed by atoms with Crippen molar-refractivity contribution in [2.24, 2.45) is 0 Å². The number of para-hydroxylation sites is 1. The number of carbonyl (C=O) groups excluding carboxylic acids is 1. The van der Waals surface area contributed by atoms with Crippen LogP contribution in [0.4, 0.5) is 0 Å². The van der Waals surface area contributed by atoms with Crippen LogP contribution in [0.3, 0.4) is 0 Å². The van der Waals surface area contributed by atoms with Gasteiger partial charge >= 0.3 is 0 Å². The number of methoxy groups -OCH3 is 2. The molecule has 0 heterocycles. The lowest BCUT2D eigenvalue weighted by Gasteiger charge is -2.13. The molecular formula is C19H24N2O3. The zero-order chi connectivity index (χ0) is 17.5. The van der Waals surface area contributed by atoms with Gasteiger partial charge in [0.2, 0.25) is 0 Å². The summed E-state index contributed by atoms with van der Waals surface area (Å²) in [6, 6.07) is 13.5. The standard InChI is InChI=1S/C19H24N2O3/c1-21(2)13-15-10-8-14(9-11-15)12-20-19(22)16-6-5-7-17(23-3)18(16)24-4/h5-11H,12-13H2,1-4H3,(H,20,22). The third-order valence-corrected chi connectivity index (χ3v) is 3.62. The minimum atomic E-state index is -0.192. The third-order valence-electron chi connectivity index (χ3n) is 3.62. The van der Waals surface area contributed by atoms with E-state index in [1.54, 1.807) is 25.3 Å². The average Bonchev–Trinajstić information content (AvgIpc) is 2.59. The van der Waals surface area contributed by atoms with Gasteiger partial charge in [-0.1, -0.05) is 30.3 Å². The van der Waals surface area contributed by atoms with Gasteiger partial charge in [0.05, 0.1) is 19.8 Å². The van der Waals surface area contributed by atoms with Crippen molar-refractivity contribution in [3.05, 3.63) is 59.2 Å². The summed E-state index contributed by atoms with van der Waals surface area (Å²) < 4.78 is 10.5. The Morgan fingerprint density at radius 2 is 1.67 bits per heavy atom. The van der Waals surface area contributed by atoms with Crippen molar-refractivity contribution in [3.63, 3.8) is 0 Å². The Labute approximate surface area is 143 Å². The van der Waals surface area contributed by atoms with Gasteiger partial charge in [0.1, 0.15) is 0 Å². The van der Waals surface area contributed by atoms with Gasteiger partial charge in [-0.15, -0.1) is 0 Å². The van der Waals surface area contributed by atoms with E-state index in [0.717, 1.165) is 12.1 Å². The summed E-state index contributed by atoms with van der Waals surface area (Å²) in [5, 5.41) is 2.92. The van der Waals surface area contributed by atoms with E-state index >= 15 is 0 Å². The molecule has 0 bridgehead atoms. The first-order valence-corrected chi connectivity index (χ1v) is 7.77. The highest BCUT2D eigenvalue weighted by molar-refractivity contribution is 5.97. The van der Waals surface area contributed by atoms with Crippen LogP contribution in [0.2, 0.25) is 0 Å². The highest BCUT2D eigenvalue weighted by Gasteiger charge is 2.15. The van der Waals surface area contributed by atoms with Crippen molar-refractivity contribution in [3.8, 4) is 11.5 Å². The number of benzene rings is 2. The summed E-state index contributed by atoms with van der Waals surface area (Å²) in [6.07, 6.45) is 0. The number of carbonyl (C=O) groups is 1. The second-order valence-electron chi connectivity index (χ2n) is 5.78. The average molecular weight is 328 g/mol. The van der Waals surface area contributed by atoms with Crippen LogP contribution >= 0.6 is 0 Å². The van der Waals surface area contributed by atoms with E-state index in [2.05, 4.69) is 22.3 Å².